The molecule has 2 rings (SSSR count). The van der Waals surface area contributed by atoms with Crippen molar-refractivity contribution in [2.75, 3.05) is 13.7 Å². The zero-order valence-corrected chi connectivity index (χ0v) is 7.88. The van der Waals surface area contributed by atoms with Gasteiger partial charge >= 0.3 is 0 Å². The van der Waals surface area contributed by atoms with E-state index in [1.165, 1.54) is 12.8 Å². The van der Waals surface area contributed by atoms with Gasteiger partial charge in [-0.25, -0.2) is 4.67 Å². The molecular weight excluding hydrogens is 161 g/mol. The van der Waals surface area contributed by atoms with Crippen LogP contribution in [0.5, 0.6) is 0 Å². The summed E-state index contributed by atoms with van der Waals surface area (Å²) in [6, 6.07) is 0.640. The lowest BCUT2D eigenvalue weighted by molar-refractivity contribution is 0.216. The molecule has 3 unspecified atom stereocenters. The SMILES string of the molecule is COP1OC(C)C2CCCN21. The highest BCUT2D eigenvalue weighted by Crippen LogP contribution is 2.54. The average Bonchev–Trinajstić information content (AvgIpc) is 2.54. The first kappa shape index (κ1) is 7.93. The Morgan fingerprint density at radius 1 is 1.64 bits per heavy atom. The Labute approximate surface area is 68.6 Å². The molecule has 0 amide bonds. The van der Waals surface area contributed by atoms with E-state index in [-0.39, 0.29) is 0 Å². The van der Waals surface area contributed by atoms with Gasteiger partial charge < -0.3 is 9.05 Å². The molecule has 2 aliphatic heterocycles. The second-order valence-corrected chi connectivity index (χ2v) is 4.67. The van der Waals surface area contributed by atoms with E-state index in [2.05, 4.69) is 11.6 Å². The third-order valence-electron chi connectivity index (χ3n) is 2.43. The number of hydrogen-bond acceptors (Lipinski definition) is 3. The number of fused-ring (bicyclic) bond motifs is 1. The Morgan fingerprint density at radius 3 is 3.18 bits per heavy atom. The van der Waals surface area contributed by atoms with E-state index in [9.17, 15) is 0 Å². The molecule has 0 N–H and O–H groups in total. The lowest BCUT2D eigenvalue weighted by Gasteiger charge is -2.17. The van der Waals surface area contributed by atoms with E-state index in [1.54, 1.807) is 7.11 Å². The minimum Gasteiger partial charge on any atom is -0.325 e. The van der Waals surface area contributed by atoms with Gasteiger partial charge in [-0.05, 0) is 19.8 Å². The van der Waals surface area contributed by atoms with Crippen LogP contribution >= 0.6 is 8.53 Å². The molecular formula is C7H14NO2P. The van der Waals surface area contributed by atoms with Gasteiger partial charge in [-0.1, -0.05) is 0 Å². The second-order valence-electron chi connectivity index (χ2n) is 3.10. The van der Waals surface area contributed by atoms with Crippen molar-refractivity contribution < 1.29 is 9.05 Å². The lowest BCUT2D eigenvalue weighted by Crippen LogP contribution is -2.25. The fourth-order valence-electron chi connectivity index (χ4n) is 1.88. The average molecular weight is 175 g/mol. The lowest BCUT2D eigenvalue weighted by atomic mass is 10.1. The van der Waals surface area contributed by atoms with Gasteiger partial charge in [-0.3, -0.25) is 0 Å². The van der Waals surface area contributed by atoms with Crippen molar-refractivity contribution >= 4 is 8.53 Å². The fourth-order valence-corrected chi connectivity index (χ4v) is 3.57. The maximum absolute atomic E-state index is 5.65. The van der Waals surface area contributed by atoms with Gasteiger partial charge in [0.05, 0.1) is 6.10 Å². The van der Waals surface area contributed by atoms with Crippen LogP contribution in [0.25, 0.3) is 0 Å². The monoisotopic (exact) mass is 175 g/mol. The molecule has 0 aromatic rings. The molecule has 3 atom stereocenters. The van der Waals surface area contributed by atoms with Crippen LogP contribution in [-0.2, 0) is 9.05 Å². The van der Waals surface area contributed by atoms with Crippen molar-refractivity contribution in [2.24, 2.45) is 0 Å². The van der Waals surface area contributed by atoms with Crippen LogP contribution in [0.15, 0.2) is 0 Å². The second kappa shape index (κ2) is 2.98. The normalized spacial score (nSPS) is 44.7. The van der Waals surface area contributed by atoms with Crippen LogP contribution in [0, 0.1) is 0 Å². The van der Waals surface area contributed by atoms with Crippen molar-refractivity contribution in [1.29, 1.82) is 0 Å². The maximum atomic E-state index is 5.65. The van der Waals surface area contributed by atoms with Crippen molar-refractivity contribution in [3.63, 3.8) is 0 Å². The summed E-state index contributed by atoms with van der Waals surface area (Å²) in [5, 5.41) is 0. The molecule has 2 fully saturated rings. The summed E-state index contributed by atoms with van der Waals surface area (Å²) in [7, 11) is 1.05. The molecule has 64 valence electrons. The quantitative estimate of drug-likeness (QED) is 0.566. The Hall–Kier alpha value is 0.310. The highest BCUT2D eigenvalue weighted by molar-refractivity contribution is 7.44. The van der Waals surface area contributed by atoms with Crippen LogP contribution in [0.2, 0.25) is 0 Å². The molecule has 4 heteroatoms. The summed E-state index contributed by atoms with van der Waals surface area (Å²) < 4.78 is 13.3. The summed E-state index contributed by atoms with van der Waals surface area (Å²) in [4.78, 5) is 0. The first-order chi connectivity index (χ1) is 5.33. The van der Waals surface area contributed by atoms with E-state index in [1.807, 2.05) is 0 Å². The van der Waals surface area contributed by atoms with Gasteiger partial charge in [0.25, 0.3) is 8.53 Å². The molecule has 0 spiro atoms. The molecule has 2 heterocycles. The Balaban J connectivity index is 2.07. The van der Waals surface area contributed by atoms with Gasteiger partial charge in [-0.15, -0.1) is 0 Å². The topological polar surface area (TPSA) is 21.7 Å². The highest BCUT2D eigenvalue weighted by Gasteiger charge is 2.43. The number of rotatable bonds is 1. The van der Waals surface area contributed by atoms with Gasteiger partial charge in [0.15, 0.2) is 0 Å². The van der Waals surface area contributed by atoms with Crippen LogP contribution < -0.4 is 0 Å². The van der Waals surface area contributed by atoms with Crippen molar-refractivity contribution in [1.82, 2.24) is 4.67 Å². The summed E-state index contributed by atoms with van der Waals surface area (Å²) in [6.45, 7) is 3.30. The molecule has 0 saturated carbocycles. The molecule has 0 aromatic carbocycles. The Bertz CT molecular complexity index is 155. The smallest absolute Gasteiger partial charge is 0.259 e. The minimum absolute atomic E-state index is 0.378. The van der Waals surface area contributed by atoms with Gasteiger partial charge in [0.1, 0.15) is 0 Å². The summed E-state index contributed by atoms with van der Waals surface area (Å²) in [5.74, 6) is 0. The molecule has 0 aliphatic carbocycles. The number of hydrogen-bond donors (Lipinski definition) is 0. The molecule has 3 nitrogen and oxygen atoms in total. The largest absolute Gasteiger partial charge is 0.325 e. The van der Waals surface area contributed by atoms with Crippen LogP contribution in [0.4, 0.5) is 0 Å². The van der Waals surface area contributed by atoms with E-state index in [0.29, 0.717) is 12.1 Å². The molecule has 2 aliphatic rings. The first-order valence-corrected chi connectivity index (χ1v) is 5.23. The molecule has 11 heavy (non-hydrogen) atoms. The summed E-state index contributed by atoms with van der Waals surface area (Å²) in [6.07, 6.45) is 2.97. The summed E-state index contributed by atoms with van der Waals surface area (Å²) >= 11 is 0. The van der Waals surface area contributed by atoms with E-state index in [4.69, 9.17) is 9.05 Å². The zero-order valence-electron chi connectivity index (χ0n) is 6.99. The van der Waals surface area contributed by atoms with E-state index >= 15 is 0 Å². The van der Waals surface area contributed by atoms with Crippen LogP contribution in [0.1, 0.15) is 19.8 Å². The van der Waals surface area contributed by atoms with Crippen molar-refractivity contribution in [3.05, 3.63) is 0 Å². The van der Waals surface area contributed by atoms with Crippen molar-refractivity contribution in [2.45, 2.75) is 31.9 Å². The van der Waals surface area contributed by atoms with Gasteiger partial charge in [0, 0.05) is 19.7 Å². The standard InChI is InChI=1S/C7H14NO2P/c1-6-7-4-3-5-8(7)11(9-2)10-6/h6-7H,3-5H2,1-2H3. The minimum atomic E-state index is -0.689. The van der Waals surface area contributed by atoms with E-state index in [0.717, 1.165) is 6.54 Å². The predicted molar refractivity (Wildman–Crippen MR) is 44.2 cm³/mol. The van der Waals surface area contributed by atoms with Crippen molar-refractivity contribution in [3.8, 4) is 0 Å². The third kappa shape index (κ3) is 1.20. The summed E-state index contributed by atoms with van der Waals surface area (Å²) in [5.41, 5.74) is 0. The van der Waals surface area contributed by atoms with Crippen LogP contribution in [-0.4, -0.2) is 30.5 Å². The molecule has 2 saturated heterocycles. The number of nitrogens with zero attached hydrogens (tertiary/aromatic N) is 1. The van der Waals surface area contributed by atoms with Gasteiger partial charge in [-0.2, -0.15) is 0 Å². The molecule has 0 bridgehead atoms. The van der Waals surface area contributed by atoms with Crippen LogP contribution in [0.3, 0.4) is 0 Å². The highest BCUT2D eigenvalue weighted by atomic mass is 31.2. The molecule has 0 radical (unpaired) electrons. The Morgan fingerprint density at radius 2 is 2.45 bits per heavy atom. The fraction of sp³-hybridized carbons (Fsp3) is 1.00. The first-order valence-electron chi connectivity index (χ1n) is 4.10. The zero-order chi connectivity index (χ0) is 7.84. The van der Waals surface area contributed by atoms with Gasteiger partial charge in [0.2, 0.25) is 0 Å². The Kier molecular flexibility index (Phi) is 2.15. The maximum Gasteiger partial charge on any atom is 0.259 e. The third-order valence-corrected chi connectivity index (χ3v) is 4.18. The molecule has 0 aromatic heterocycles. The predicted octanol–water partition coefficient (Wildman–Crippen LogP) is 1.74. The van der Waals surface area contributed by atoms with E-state index < -0.39 is 8.53 Å².